The number of aromatic carboxylic acids is 1. The summed E-state index contributed by atoms with van der Waals surface area (Å²) in [5.41, 5.74) is 2.70. The molecule has 0 bridgehead atoms. The molecule has 272 valence electrons. The quantitative estimate of drug-likeness (QED) is 0.102. The molecule has 0 spiro atoms. The summed E-state index contributed by atoms with van der Waals surface area (Å²) in [5, 5.41) is 14.6. The van der Waals surface area contributed by atoms with E-state index >= 15 is 0 Å². The van der Waals surface area contributed by atoms with Crippen LogP contribution in [-0.2, 0) is 32.4 Å². The number of aromatic nitrogens is 1. The first kappa shape index (κ1) is 38.1. The van der Waals surface area contributed by atoms with Gasteiger partial charge in [0.1, 0.15) is 5.15 Å². The fraction of sp³-hybridized carbons (Fsp3) is 0.289. The van der Waals surface area contributed by atoms with Crippen molar-refractivity contribution in [1.82, 2.24) is 9.29 Å². The molecule has 1 aliphatic carbocycles. The van der Waals surface area contributed by atoms with E-state index in [2.05, 4.69) is 15.6 Å². The molecule has 0 unspecified atom stereocenters. The van der Waals surface area contributed by atoms with Crippen molar-refractivity contribution >= 4 is 56.8 Å². The lowest BCUT2D eigenvalue weighted by Gasteiger charge is -2.34. The Bertz CT molecular complexity index is 2050. The zero-order valence-corrected chi connectivity index (χ0v) is 30.2. The van der Waals surface area contributed by atoms with Crippen molar-refractivity contribution in [2.24, 2.45) is 5.92 Å². The SMILES string of the molecule is CCN(C1CCC(C(=O)OC)CC1)S(=O)(=O)c1cccc(C(=O)Nc2ccc(Cl)nc2C(=O)Nc2ccc(CCc3ccc(C(=O)O)cc3)cc2)c1. The fourth-order valence-electron chi connectivity index (χ4n) is 6.28. The summed E-state index contributed by atoms with van der Waals surface area (Å²) >= 11 is 6.13. The van der Waals surface area contributed by atoms with Crippen molar-refractivity contribution in [2.75, 3.05) is 24.3 Å². The summed E-state index contributed by atoms with van der Waals surface area (Å²) in [6.45, 7) is 1.97. The predicted molar refractivity (Wildman–Crippen MR) is 196 cm³/mol. The molecule has 1 heterocycles. The van der Waals surface area contributed by atoms with Crippen LogP contribution in [0.25, 0.3) is 0 Å². The summed E-state index contributed by atoms with van der Waals surface area (Å²) in [5.74, 6) is -2.79. The average molecular weight is 747 g/mol. The van der Waals surface area contributed by atoms with Gasteiger partial charge in [-0.25, -0.2) is 18.2 Å². The number of nitrogens with one attached hydrogen (secondary N) is 2. The maximum atomic E-state index is 13.8. The van der Waals surface area contributed by atoms with E-state index in [9.17, 15) is 27.6 Å². The second-order valence-corrected chi connectivity index (χ2v) is 14.7. The number of carboxylic acid groups (broad SMARTS) is 1. The molecule has 0 radical (unpaired) electrons. The van der Waals surface area contributed by atoms with Crippen LogP contribution < -0.4 is 10.6 Å². The molecule has 5 rings (SSSR count). The Kier molecular flexibility index (Phi) is 12.4. The Morgan fingerprint density at radius 2 is 1.48 bits per heavy atom. The smallest absolute Gasteiger partial charge is 0.335 e. The number of ether oxygens (including phenoxy) is 1. The third-order valence-corrected chi connectivity index (χ3v) is 11.3. The molecule has 1 aromatic heterocycles. The number of nitrogens with zero attached hydrogens (tertiary/aromatic N) is 2. The average Bonchev–Trinajstić information content (AvgIpc) is 3.15. The molecule has 0 saturated heterocycles. The van der Waals surface area contributed by atoms with E-state index < -0.39 is 27.8 Å². The molecular weight excluding hydrogens is 708 g/mol. The topological polar surface area (TPSA) is 172 Å². The summed E-state index contributed by atoms with van der Waals surface area (Å²) in [4.78, 5) is 54.0. The van der Waals surface area contributed by atoms with E-state index in [0.29, 0.717) is 44.2 Å². The monoisotopic (exact) mass is 746 g/mol. The Morgan fingerprint density at radius 1 is 0.846 bits per heavy atom. The Morgan fingerprint density at radius 3 is 2.08 bits per heavy atom. The first-order valence-corrected chi connectivity index (χ1v) is 18.6. The van der Waals surface area contributed by atoms with Crippen LogP contribution in [0.2, 0.25) is 5.15 Å². The molecule has 52 heavy (non-hydrogen) atoms. The van der Waals surface area contributed by atoms with Gasteiger partial charge < -0.3 is 20.5 Å². The summed E-state index contributed by atoms with van der Waals surface area (Å²) in [6, 6.07) is 22.2. The number of carboxylic acids is 1. The number of amides is 2. The van der Waals surface area contributed by atoms with Crippen LogP contribution in [0, 0.1) is 5.92 Å². The van der Waals surface area contributed by atoms with Crippen LogP contribution in [0.4, 0.5) is 11.4 Å². The molecule has 14 heteroatoms. The van der Waals surface area contributed by atoms with Crippen molar-refractivity contribution in [2.45, 2.75) is 56.4 Å². The van der Waals surface area contributed by atoms with Crippen LogP contribution >= 0.6 is 11.6 Å². The second-order valence-electron chi connectivity index (χ2n) is 12.4. The second kappa shape index (κ2) is 16.9. The van der Waals surface area contributed by atoms with Crippen LogP contribution in [0.5, 0.6) is 0 Å². The fourth-order valence-corrected chi connectivity index (χ4v) is 8.16. The highest BCUT2D eigenvalue weighted by Gasteiger charge is 2.35. The van der Waals surface area contributed by atoms with Crippen molar-refractivity contribution in [3.63, 3.8) is 0 Å². The Labute approximate surface area is 307 Å². The third kappa shape index (κ3) is 9.21. The molecule has 12 nitrogen and oxygen atoms in total. The first-order valence-electron chi connectivity index (χ1n) is 16.8. The van der Waals surface area contributed by atoms with Gasteiger partial charge in [0.05, 0.1) is 29.2 Å². The third-order valence-electron chi connectivity index (χ3n) is 9.09. The molecular formula is C38H39ClN4O8S. The Balaban J connectivity index is 1.24. The minimum Gasteiger partial charge on any atom is -0.478 e. The normalized spacial score (nSPS) is 15.8. The number of pyridine rings is 1. The summed E-state index contributed by atoms with van der Waals surface area (Å²) < 4.78 is 33.8. The van der Waals surface area contributed by atoms with E-state index in [1.807, 2.05) is 12.1 Å². The van der Waals surface area contributed by atoms with Crippen LogP contribution in [-0.4, -0.2) is 66.3 Å². The van der Waals surface area contributed by atoms with Gasteiger partial charge in [0, 0.05) is 23.8 Å². The molecule has 4 aromatic rings. The molecule has 3 aromatic carbocycles. The molecule has 0 aliphatic heterocycles. The van der Waals surface area contributed by atoms with Gasteiger partial charge in [-0.15, -0.1) is 0 Å². The number of rotatable bonds is 13. The molecule has 2 amide bonds. The van der Waals surface area contributed by atoms with Gasteiger partial charge in [-0.3, -0.25) is 14.4 Å². The number of carbonyl (C=O) groups is 4. The Hall–Kier alpha value is -5.11. The van der Waals surface area contributed by atoms with Crippen LogP contribution in [0.1, 0.15) is 74.9 Å². The number of hydrogen-bond acceptors (Lipinski definition) is 8. The van der Waals surface area contributed by atoms with Gasteiger partial charge in [-0.05, 0) is 104 Å². The maximum absolute atomic E-state index is 13.8. The summed E-state index contributed by atoms with van der Waals surface area (Å²) in [7, 11) is -2.64. The standard InChI is InChI=1S/C38H39ClN4O8S/c1-3-43(30-19-15-27(16-20-30)38(48)51-2)52(49,50)31-6-4-5-28(23-31)35(44)41-32-21-22-33(39)42-34(32)36(45)40-29-17-11-25(12-18-29)8-7-24-9-13-26(14-10-24)37(46)47/h4-6,9-14,17-18,21-23,27,30H,3,7-8,15-16,19-20H2,1-2H3,(H,40,45)(H,41,44)(H,46,47). The lowest BCUT2D eigenvalue weighted by molar-refractivity contribution is -0.146. The number of halogens is 1. The van der Waals surface area contributed by atoms with Gasteiger partial charge in [-0.1, -0.05) is 48.9 Å². The minimum atomic E-state index is -3.99. The zero-order chi connectivity index (χ0) is 37.4. The number of methoxy groups -OCH3 is 1. The van der Waals surface area contributed by atoms with Crippen molar-refractivity contribution < 1.29 is 37.4 Å². The van der Waals surface area contributed by atoms with Crippen molar-refractivity contribution in [3.8, 4) is 0 Å². The van der Waals surface area contributed by atoms with Gasteiger partial charge in [0.15, 0.2) is 5.69 Å². The number of aryl methyl sites for hydroxylation is 2. The predicted octanol–water partition coefficient (Wildman–Crippen LogP) is 6.47. The van der Waals surface area contributed by atoms with Crippen LogP contribution in [0.3, 0.4) is 0 Å². The van der Waals surface area contributed by atoms with Crippen molar-refractivity contribution in [1.29, 1.82) is 0 Å². The molecule has 1 fully saturated rings. The highest BCUT2D eigenvalue weighted by molar-refractivity contribution is 7.89. The largest absolute Gasteiger partial charge is 0.478 e. The number of carbonyl (C=O) groups excluding carboxylic acids is 3. The van der Waals surface area contributed by atoms with E-state index in [-0.39, 0.29) is 57.0 Å². The highest BCUT2D eigenvalue weighted by atomic mass is 35.5. The number of sulfonamides is 1. The molecule has 1 aliphatic rings. The lowest BCUT2D eigenvalue weighted by atomic mass is 9.86. The summed E-state index contributed by atoms with van der Waals surface area (Å²) in [6.07, 6.45) is 3.47. The van der Waals surface area contributed by atoms with E-state index in [1.54, 1.807) is 43.3 Å². The van der Waals surface area contributed by atoms with E-state index in [0.717, 1.165) is 11.1 Å². The molecule has 0 atom stereocenters. The maximum Gasteiger partial charge on any atom is 0.335 e. The van der Waals surface area contributed by atoms with E-state index in [1.165, 1.54) is 47.8 Å². The van der Waals surface area contributed by atoms with Gasteiger partial charge in [-0.2, -0.15) is 4.31 Å². The number of anilines is 2. The number of hydrogen-bond donors (Lipinski definition) is 3. The molecule has 1 saturated carbocycles. The molecule has 3 N–H and O–H groups in total. The van der Waals surface area contributed by atoms with Crippen molar-refractivity contribution in [3.05, 3.63) is 118 Å². The van der Waals surface area contributed by atoms with Gasteiger partial charge in [0.25, 0.3) is 11.8 Å². The van der Waals surface area contributed by atoms with Gasteiger partial charge in [0.2, 0.25) is 10.0 Å². The van der Waals surface area contributed by atoms with Gasteiger partial charge >= 0.3 is 11.9 Å². The number of esters is 1. The van der Waals surface area contributed by atoms with Crippen LogP contribution in [0.15, 0.2) is 89.8 Å². The van der Waals surface area contributed by atoms with E-state index in [4.69, 9.17) is 21.4 Å². The minimum absolute atomic E-state index is 0.0308. The highest BCUT2D eigenvalue weighted by Crippen LogP contribution is 2.32. The number of benzene rings is 3. The zero-order valence-electron chi connectivity index (χ0n) is 28.7. The first-order chi connectivity index (χ1) is 24.9. The lowest BCUT2D eigenvalue weighted by Crippen LogP contribution is -2.43.